The van der Waals surface area contributed by atoms with E-state index in [1.807, 2.05) is 12.1 Å². The van der Waals surface area contributed by atoms with Gasteiger partial charge in [-0.25, -0.2) is 0 Å². The van der Waals surface area contributed by atoms with Crippen molar-refractivity contribution in [3.63, 3.8) is 0 Å². The van der Waals surface area contributed by atoms with Crippen LogP contribution in [0, 0.1) is 0 Å². The summed E-state index contributed by atoms with van der Waals surface area (Å²) in [6.07, 6.45) is 2.53. The van der Waals surface area contributed by atoms with Crippen LogP contribution >= 0.6 is 11.6 Å². The predicted molar refractivity (Wildman–Crippen MR) is 73.1 cm³/mol. The van der Waals surface area contributed by atoms with Crippen LogP contribution in [-0.4, -0.2) is 41.7 Å². The third-order valence-corrected chi connectivity index (χ3v) is 3.46. The number of alkyl halides is 1. The number of phenols is 1. The number of benzene rings is 1. The molecule has 0 amide bonds. The first kappa shape index (κ1) is 13.7. The molecule has 0 unspecified atom stereocenters. The number of ether oxygens (including phenoxy) is 1. The molecule has 1 N–H and O–H groups in total. The maximum absolute atomic E-state index is 9.24. The molecule has 0 aliphatic carbocycles. The highest BCUT2D eigenvalue weighted by Gasteiger charge is 2.19. The standard InChI is InChI=1S/C14H20ClNO2/c15-7-10-18-14-5-8-16(9-6-14)11-12-1-3-13(17)4-2-12/h1-4,14,17H,5-11H2. The fourth-order valence-electron chi connectivity index (χ4n) is 2.30. The van der Waals surface area contributed by atoms with Gasteiger partial charge in [-0.1, -0.05) is 12.1 Å². The number of piperidine rings is 1. The third-order valence-electron chi connectivity index (χ3n) is 3.31. The Labute approximate surface area is 113 Å². The Morgan fingerprint density at radius 3 is 2.50 bits per heavy atom. The molecule has 4 heteroatoms. The van der Waals surface area contributed by atoms with Crippen molar-refractivity contribution >= 4 is 11.6 Å². The molecule has 0 atom stereocenters. The maximum Gasteiger partial charge on any atom is 0.115 e. The molecule has 0 spiro atoms. The van der Waals surface area contributed by atoms with Crippen molar-refractivity contribution in [1.82, 2.24) is 4.90 Å². The van der Waals surface area contributed by atoms with Gasteiger partial charge in [0.15, 0.2) is 0 Å². The molecule has 0 bridgehead atoms. The van der Waals surface area contributed by atoms with E-state index in [9.17, 15) is 5.11 Å². The van der Waals surface area contributed by atoms with E-state index >= 15 is 0 Å². The number of hydrogen-bond donors (Lipinski definition) is 1. The van der Waals surface area contributed by atoms with Crippen molar-refractivity contribution in [2.75, 3.05) is 25.6 Å². The lowest BCUT2D eigenvalue weighted by molar-refractivity contribution is 0.0134. The molecule has 1 heterocycles. The maximum atomic E-state index is 9.24. The molecule has 1 aromatic carbocycles. The van der Waals surface area contributed by atoms with E-state index in [0.717, 1.165) is 32.5 Å². The summed E-state index contributed by atoms with van der Waals surface area (Å²) in [6, 6.07) is 7.44. The van der Waals surface area contributed by atoms with E-state index in [1.54, 1.807) is 12.1 Å². The van der Waals surface area contributed by atoms with Gasteiger partial charge in [0, 0.05) is 25.5 Å². The van der Waals surface area contributed by atoms with E-state index in [1.165, 1.54) is 5.56 Å². The van der Waals surface area contributed by atoms with Gasteiger partial charge in [-0.15, -0.1) is 11.6 Å². The highest BCUT2D eigenvalue weighted by Crippen LogP contribution is 2.17. The number of likely N-dealkylation sites (tertiary alicyclic amines) is 1. The first-order valence-corrected chi connectivity index (χ1v) is 6.99. The Morgan fingerprint density at radius 2 is 1.89 bits per heavy atom. The SMILES string of the molecule is Oc1ccc(CN2CCC(OCCCl)CC2)cc1. The van der Waals surface area contributed by atoms with Crippen LogP contribution in [0.5, 0.6) is 5.75 Å². The van der Waals surface area contributed by atoms with Crippen LogP contribution in [0.25, 0.3) is 0 Å². The van der Waals surface area contributed by atoms with Crippen LogP contribution in [0.2, 0.25) is 0 Å². The van der Waals surface area contributed by atoms with Crippen molar-refractivity contribution < 1.29 is 9.84 Å². The van der Waals surface area contributed by atoms with E-state index in [4.69, 9.17) is 16.3 Å². The fourth-order valence-corrected chi connectivity index (χ4v) is 2.39. The first-order valence-electron chi connectivity index (χ1n) is 6.46. The van der Waals surface area contributed by atoms with Crippen molar-refractivity contribution in [2.45, 2.75) is 25.5 Å². The molecule has 1 fully saturated rings. The lowest BCUT2D eigenvalue weighted by Crippen LogP contribution is -2.36. The second-order valence-electron chi connectivity index (χ2n) is 4.70. The molecule has 0 radical (unpaired) electrons. The Hall–Kier alpha value is -0.770. The Kier molecular flexibility index (Phi) is 5.29. The number of rotatable bonds is 5. The number of halogens is 1. The zero-order valence-electron chi connectivity index (χ0n) is 10.5. The summed E-state index contributed by atoms with van der Waals surface area (Å²) in [5.74, 6) is 0.903. The molecule has 2 rings (SSSR count). The molecule has 0 aromatic heterocycles. The van der Waals surface area contributed by atoms with Gasteiger partial charge >= 0.3 is 0 Å². The normalized spacial score (nSPS) is 18.1. The molecular weight excluding hydrogens is 250 g/mol. The van der Waals surface area contributed by atoms with Crippen LogP contribution in [0.3, 0.4) is 0 Å². The summed E-state index contributed by atoms with van der Waals surface area (Å²) in [5, 5.41) is 9.24. The largest absolute Gasteiger partial charge is 0.508 e. The Balaban J connectivity index is 1.74. The number of nitrogens with zero attached hydrogens (tertiary/aromatic N) is 1. The van der Waals surface area contributed by atoms with Crippen LogP contribution in [0.15, 0.2) is 24.3 Å². The van der Waals surface area contributed by atoms with Crippen molar-refractivity contribution in [2.24, 2.45) is 0 Å². The van der Waals surface area contributed by atoms with Crippen LogP contribution in [0.4, 0.5) is 0 Å². The number of phenolic OH excluding ortho intramolecular Hbond substituents is 1. The minimum absolute atomic E-state index is 0.326. The summed E-state index contributed by atoms with van der Waals surface area (Å²) in [7, 11) is 0. The van der Waals surface area contributed by atoms with Gasteiger partial charge in [0.1, 0.15) is 5.75 Å². The molecule has 100 valence electrons. The van der Waals surface area contributed by atoms with Gasteiger partial charge in [-0.2, -0.15) is 0 Å². The zero-order valence-corrected chi connectivity index (χ0v) is 11.3. The topological polar surface area (TPSA) is 32.7 Å². The first-order chi connectivity index (χ1) is 8.78. The molecule has 18 heavy (non-hydrogen) atoms. The highest BCUT2D eigenvalue weighted by molar-refractivity contribution is 6.17. The summed E-state index contributed by atoms with van der Waals surface area (Å²) in [5.41, 5.74) is 1.24. The van der Waals surface area contributed by atoms with Crippen LogP contribution < -0.4 is 0 Å². The molecule has 1 aliphatic rings. The van der Waals surface area contributed by atoms with Gasteiger partial charge in [-0.3, -0.25) is 4.90 Å². The second-order valence-corrected chi connectivity index (χ2v) is 5.08. The monoisotopic (exact) mass is 269 g/mol. The smallest absolute Gasteiger partial charge is 0.115 e. The Morgan fingerprint density at radius 1 is 1.22 bits per heavy atom. The summed E-state index contributed by atoms with van der Waals surface area (Å²) >= 11 is 5.61. The summed E-state index contributed by atoms with van der Waals surface area (Å²) < 4.78 is 5.65. The number of aromatic hydroxyl groups is 1. The zero-order chi connectivity index (χ0) is 12.8. The van der Waals surface area contributed by atoms with E-state index in [-0.39, 0.29) is 0 Å². The molecular formula is C14H20ClNO2. The van der Waals surface area contributed by atoms with Gasteiger partial charge in [0.2, 0.25) is 0 Å². The minimum Gasteiger partial charge on any atom is -0.508 e. The quantitative estimate of drug-likeness (QED) is 0.834. The highest BCUT2D eigenvalue weighted by atomic mass is 35.5. The van der Waals surface area contributed by atoms with E-state index < -0.39 is 0 Å². The van der Waals surface area contributed by atoms with E-state index in [2.05, 4.69) is 4.90 Å². The predicted octanol–water partition coefficient (Wildman–Crippen LogP) is 2.61. The lowest BCUT2D eigenvalue weighted by Gasteiger charge is -2.31. The van der Waals surface area contributed by atoms with Crippen molar-refractivity contribution in [1.29, 1.82) is 0 Å². The molecule has 1 aliphatic heterocycles. The molecule has 0 saturated carbocycles. The Bertz CT molecular complexity index is 347. The van der Waals surface area contributed by atoms with Gasteiger partial charge in [0.25, 0.3) is 0 Å². The molecule has 1 saturated heterocycles. The minimum atomic E-state index is 0.326. The van der Waals surface area contributed by atoms with Crippen LogP contribution in [0.1, 0.15) is 18.4 Å². The van der Waals surface area contributed by atoms with Gasteiger partial charge in [0.05, 0.1) is 12.7 Å². The molecule has 1 aromatic rings. The summed E-state index contributed by atoms with van der Waals surface area (Å²) in [6.45, 7) is 3.73. The van der Waals surface area contributed by atoms with Crippen LogP contribution in [-0.2, 0) is 11.3 Å². The van der Waals surface area contributed by atoms with Crippen molar-refractivity contribution in [3.05, 3.63) is 29.8 Å². The fraction of sp³-hybridized carbons (Fsp3) is 0.571. The van der Waals surface area contributed by atoms with Gasteiger partial charge in [-0.05, 0) is 30.5 Å². The van der Waals surface area contributed by atoms with E-state index in [0.29, 0.717) is 24.3 Å². The molecule has 3 nitrogen and oxygen atoms in total. The third kappa shape index (κ3) is 4.16. The van der Waals surface area contributed by atoms with Gasteiger partial charge < -0.3 is 9.84 Å². The number of hydrogen-bond acceptors (Lipinski definition) is 3. The summed E-state index contributed by atoms with van der Waals surface area (Å²) in [4.78, 5) is 2.42. The van der Waals surface area contributed by atoms with Crippen molar-refractivity contribution in [3.8, 4) is 5.75 Å². The second kappa shape index (κ2) is 6.98. The average Bonchev–Trinajstić information content (AvgIpc) is 2.41. The average molecular weight is 270 g/mol. The lowest BCUT2D eigenvalue weighted by atomic mass is 10.1.